The van der Waals surface area contributed by atoms with Gasteiger partial charge in [0, 0.05) is 13.1 Å². The Morgan fingerprint density at radius 3 is 2.96 bits per heavy atom. The van der Waals surface area contributed by atoms with Crippen molar-refractivity contribution in [2.45, 2.75) is 26.2 Å². The molecule has 23 heavy (non-hydrogen) atoms. The highest BCUT2D eigenvalue weighted by Crippen LogP contribution is 2.26. The van der Waals surface area contributed by atoms with Gasteiger partial charge in [0.1, 0.15) is 5.75 Å². The van der Waals surface area contributed by atoms with E-state index in [0.29, 0.717) is 18.9 Å². The summed E-state index contributed by atoms with van der Waals surface area (Å²) in [5.74, 6) is 1.57. The van der Waals surface area contributed by atoms with Crippen LogP contribution in [0.2, 0.25) is 0 Å². The molecule has 0 aromatic heterocycles. The molecule has 1 atom stereocenters. The van der Waals surface area contributed by atoms with Gasteiger partial charge in [0.05, 0.1) is 17.5 Å². The number of rotatable bonds is 6. The molecule has 1 saturated heterocycles. The molecule has 1 amide bonds. The van der Waals surface area contributed by atoms with Gasteiger partial charge in [0.25, 0.3) is 0 Å². The molecule has 1 aliphatic rings. The van der Waals surface area contributed by atoms with Crippen molar-refractivity contribution in [3.63, 3.8) is 0 Å². The summed E-state index contributed by atoms with van der Waals surface area (Å²) in [4.78, 5) is 14.3. The number of carbonyl (C=O) groups excluding carboxylic acids is 1. The van der Waals surface area contributed by atoms with E-state index < -0.39 is 0 Å². The summed E-state index contributed by atoms with van der Waals surface area (Å²) in [5, 5.41) is 3.20. The summed E-state index contributed by atoms with van der Waals surface area (Å²) < 4.78 is 6.66. The molecule has 6 heteroatoms. The van der Waals surface area contributed by atoms with E-state index in [1.807, 2.05) is 37.1 Å². The predicted octanol–water partition coefficient (Wildman–Crippen LogP) is 3.41. The van der Waals surface area contributed by atoms with Gasteiger partial charge in [-0.3, -0.25) is 4.79 Å². The van der Waals surface area contributed by atoms with Crippen LogP contribution in [-0.4, -0.2) is 44.1 Å². The van der Waals surface area contributed by atoms with Crippen molar-refractivity contribution in [1.29, 1.82) is 0 Å². The van der Waals surface area contributed by atoms with Crippen LogP contribution in [0.3, 0.4) is 0 Å². The third-order valence-electron chi connectivity index (χ3n) is 4.03. The molecule has 1 heterocycles. The number of carbonyl (C=O) groups is 1. The minimum absolute atomic E-state index is 0. The highest BCUT2D eigenvalue weighted by Gasteiger charge is 2.22. The van der Waals surface area contributed by atoms with E-state index in [-0.39, 0.29) is 18.3 Å². The molecule has 0 saturated carbocycles. The number of benzene rings is 1. The average Bonchev–Trinajstić information content (AvgIpc) is 2.50. The van der Waals surface area contributed by atoms with E-state index in [1.54, 1.807) is 0 Å². The first-order valence-corrected chi connectivity index (χ1v) is 8.70. The zero-order valence-corrected chi connectivity index (χ0v) is 16.2. The summed E-state index contributed by atoms with van der Waals surface area (Å²) in [5.41, 5.74) is 1.18. The minimum atomic E-state index is 0. The largest absolute Gasteiger partial charge is 0.492 e. The lowest BCUT2D eigenvalue weighted by molar-refractivity contribution is -0.133. The third kappa shape index (κ3) is 6.32. The maximum absolute atomic E-state index is 12.3. The molecule has 1 aromatic carbocycles. The van der Waals surface area contributed by atoms with Crippen LogP contribution < -0.4 is 10.1 Å². The fourth-order valence-corrected chi connectivity index (χ4v) is 3.48. The molecule has 1 unspecified atom stereocenters. The molecule has 1 fully saturated rings. The van der Waals surface area contributed by atoms with Crippen LogP contribution in [-0.2, 0) is 4.79 Å². The number of hydrogen-bond acceptors (Lipinski definition) is 3. The highest BCUT2D eigenvalue weighted by molar-refractivity contribution is 9.10. The van der Waals surface area contributed by atoms with Gasteiger partial charge in [-0.15, -0.1) is 12.4 Å². The second kappa shape index (κ2) is 10.2. The van der Waals surface area contributed by atoms with Crippen LogP contribution >= 0.6 is 28.3 Å². The lowest BCUT2D eigenvalue weighted by atomic mass is 9.98. The number of nitrogens with zero attached hydrogens (tertiary/aromatic N) is 1. The highest BCUT2D eigenvalue weighted by atomic mass is 79.9. The molecular formula is C17H26BrClN2O2. The summed E-state index contributed by atoms with van der Waals surface area (Å²) >= 11 is 3.49. The van der Waals surface area contributed by atoms with Crippen molar-refractivity contribution in [2.24, 2.45) is 5.92 Å². The summed E-state index contributed by atoms with van der Waals surface area (Å²) in [6.45, 7) is 5.20. The van der Waals surface area contributed by atoms with E-state index in [9.17, 15) is 4.79 Å². The molecule has 4 nitrogen and oxygen atoms in total. The minimum Gasteiger partial charge on any atom is -0.492 e. The Labute approximate surface area is 153 Å². The van der Waals surface area contributed by atoms with E-state index in [2.05, 4.69) is 21.2 Å². The van der Waals surface area contributed by atoms with Gasteiger partial charge in [0.15, 0.2) is 0 Å². The maximum atomic E-state index is 12.3. The van der Waals surface area contributed by atoms with Crippen molar-refractivity contribution < 1.29 is 9.53 Å². The van der Waals surface area contributed by atoms with E-state index in [4.69, 9.17) is 4.74 Å². The van der Waals surface area contributed by atoms with Crippen molar-refractivity contribution in [3.8, 4) is 5.75 Å². The summed E-state index contributed by atoms with van der Waals surface area (Å²) in [6.07, 6.45) is 2.74. The quantitative estimate of drug-likeness (QED) is 0.788. The Morgan fingerprint density at radius 2 is 2.26 bits per heavy atom. The van der Waals surface area contributed by atoms with Crippen LogP contribution in [0.15, 0.2) is 22.7 Å². The van der Waals surface area contributed by atoms with Crippen molar-refractivity contribution in [2.75, 3.05) is 33.3 Å². The number of amides is 1. The molecule has 1 aromatic rings. The normalized spacial score (nSPS) is 17.5. The van der Waals surface area contributed by atoms with Crippen LogP contribution in [0.5, 0.6) is 5.75 Å². The first-order chi connectivity index (χ1) is 10.6. The van der Waals surface area contributed by atoms with Gasteiger partial charge < -0.3 is 15.0 Å². The molecule has 0 aliphatic carbocycles. The number of halogens is 2. The fraction of sp³-hybridized carbons (Fsp3) is 0.588. The monoisotopic (exact) mass is 404 g/mol. The standard InChI is InChI=1S/C17H25BrN2O2.ClH/c1-13-5-6-16(15(18)10-13)22-9-7-17(21)20-8-3-4-14(12-20)11-19-2;/h5-6,10,14,19H,3-4,7-9,11-12H2,1-2H3;1H. The number of aryl methyl sites for hydroxylation is 1. The zero-order chi connectivity index (χ0) is 15.9. The zero-order valence-electron chi connectivity index (χ0n) is 13.8. The summed E-state index contributed by atoms with van der Waals surface area (Å²) in [7, 11) is 1.97. The number of likely N-dealkylation sites (tertiary alicyclic amines) is 1. The molecule has 0 bridgehead atoms. The van der Waals surface area contributed by atoms with Crippen LogP contribution in [0.4, 0.5) is 0 Å². The first kappa shape index (κ1) is 20.3. The van der Waals surface area contributed by atoms with Crippen molar-refractivity contribution in [1.82, 2.24) is 10.2 Å². The lowest BCUT2D eigenvalue weighted by Crippen LogP contribution is -2.42. The van der Waals surface area contributed by atoms with Crippen LogP contribution in [0.1, 0.15) is 24.8 Å². The lowest BCUT2D eigenvalue weighted by Gasteiger charge is -2.32. The Morgan fingerprint density at radius 1 is 1.48 bits per heavy atom. The SMILES string of the molecule is CNCC1CCCN(C(=O)CCOc2ccc(C)cc2Br)C1.Cl. The Hall–Kier alpha value is -0.780. The number of piperidine rings is 1. The Kier molecular flexibility index (Phi) is 8.95. The molecule has 0 spiro atoms. The van der Waals surface area contributed by atoms with E-state index in [1.165, 1.54) is 12.0 Å². The second-order valence-corrected chi connectivity index (χ2v) is 6.79. The van der Waals surface area contributed by atoms with E-state index in [0.717, 1.165) is 36.3 Å². The Balaban J connectivity index is 0.00000264. The van der Waals surface area contributed by atoms with Crippen LogP contribution in [0, 0.1) is 12.8 Å². The topological polar surface area (TPSA) is 41.6 Å². The molecule has 0 radical (unpaired) electrons. The van der Waals surface area contributed by atoms with Crippen molar-refractivity contribution in [3.05, 3.63) is 28.2 Å². The van der Waals surface area contributed by atoms with Crippen molar-refractivity contribution >= 4 is 34.2 Å². The van der Waals surface area contributed by atoms with Gasteiger partial charge in [-0.2, -0.15) is 0 Å². The maximum Gasteiger partial charge on any atom is 0.226 e. The molecule has 130 valence electrons. The van der Waals surface area contributed by atoms with Gasteiger partial charge in [0.2, 0.25) is 5.91 Å². The van der Waals surface area contributed by atoms with E-state index >= 15 is 0 Å². The third-order valence-corrected chi connectivity index (χ3v) is 4.65. The smallest absolute Gasteiger partial charge is 0.226 e. The number of ether oxygens (including phenoxy) is 1. The second-order valence-electron chi connectivity index (χ2n) is 5.94. The van der Waals surface area contributed by atoms with Gasteiger partial charge in [-0.05, 0) is 72.9 Å². The molecule has 2 rings (SSSR count). The first-order valence-electron chi connectivity index (χ1n) is 7.91. The van der Waals surface area contributed by atoms with Gasteiger partial charge in [-0.1, -0.05) is 6.07 Å². The van der Waals surface area contributed by atoms with Gasteiger partial charge in [-0.25, -0.2) is 0 Å². The average molecular weight is 406 g/mol. The molecular weight excluding hydrogens is 380 g/mol. The van der Waals surface area contributed by atoms with Gasteiger partial charge >= 0.3 is 0 Å². The molecule has 1 aliphatic heterocycles. The fourth-order valence-electron chi connectivity index (χ4n) is 2.88. The molecule has 1 N–H and O–H groups in total. The van der Waals surface area contributed by atoms with Crippen LogP contribution in [0.25, 0.3) is 0 Å². The Bertz CT molecular complexity index is 511. The predicted molar refractivity (Wildman–Crippen MR) is 99.5 cm³/mol. The number of hydrogen-bond donors (Lipinski definition) is 1. The number of nitrogens with one attached hydrogen (secondary N) is 1. The summed E-state index contributed by atoms with van der Waals surface area (Å²) in [6, 6.07) is 5.97.